The van der Waals surface area contributed by atoms with Gasteiger partial charge in [0.05, 0.1) is 20.8 Å². The van der Waals surface area contributed by atoms with E-state index in [9.17, 15) is 4.79 Å². The summed E-state index contributed by atoms with van der Waals surface area (Å²) in [5.41, 5.74) is 7.80. The van der Waals surface area contributed by atoms with Gasteiger partial charge in [-0.05, 0) is 24.5 Å². The number of aryl methyl sites for hydroxylation is 1. The van der Waals surface area contributed by atoms with E-state index in [1.165, 1.54) is 0 Å². The predicted octanol–water partition coefficient (Wildman–Crippen LogP) is 1.20. The molecule has 2 N–H and O–H groups in total. The van der Waals surface area contributed by atoms with Crippen LogP contribution < -0.4 is 20.3 Å². The molecule has 1 aromatic carbocycles. The van der Waals surface area contributed by atoms with Crippen molar-refractivity contribution in [2.24, 2.45) is 0 Å². The normalized spacial score (nSPS) is 14.6. The zero-order valence-electron chi connectivity index (χ0n) is 11.2. The van der Waals surface area contributed by atoms with Crippen molar-refractivity contribution in [1.29, 1.82) is 0 Å². The molecule has 0 unspecified atom stereocenters. The first-order valence-electron chi connectivity index (χ1n) is 6.16. The molecule has 0 aliphatic carbocycles. The first-order valence-corrected chi connectivity index (χ1v) is 6.16. The van der Waals surface area contributed by atoms with Crippen LogP contribution in [-0.2, 0) is 11.2 Å². The molecule has 5 heteroatoms. The number of ketones is 1. The lowest BCUT2D eigenvalue weighted by atomic mass is 10.1. The van der Waals surface area contributed by atoms with Gasteiger partial charge in [0.15, 0.2) is 17.3 Å². The van der Waals surface area contributed by atoms with Crippen molar-refractivity contribution < 1.29 is 14.3 Å². The molecule has 102 valence electrons. The predicted molar refractivity (Wildman–Crippen MR) is 72.1 cm³/mol. The van der Waals surface area contributed by atoms with E-state index in [0.717, 1.165) is 35.6 Å². The molecule has 0 bridgehead atoms. The fraction of sp³-hybridized carbons (Fsp3) is 0.357. The maximum atomic E-state index is 11.3. The van der Waals surface area contributed by atoms with Crippen molar-refractivity contribution in [3.63, 3.8) is 0 Å². The van der Waals surface area contributed by atoms with Crippen LogP contribution in [0, 0.1) is 0 Å². The fourth-order valence-corrected chi connectivity index (χ4v) is 2.08. The highest BCUT2D eigenvalue weighted by atomic mass is 16.5. The van der Waals surface area contributed by atoms with Crippen molar-refractivity contribution in [1.82, 2.24) is 10.9 Å². The molecule has 1 aliphatic rings. The molecule has 0 amide bonds. The number of hydrogen-bond donors (Lipinski definition) is 2. The molecule has 1 aromatic rings. The minimum absolute atomic E-state index is 0.0892. The molecule has 1 aliphatic heterocycles. The molecule has 0 spiro atoms. The average Bonchev–Trinajstić information content (AvgIpc) is 2.44. The second-order valence-corrected chi connectivity index (χ2v) is 4.27. The summed E-state index contributed by atoms with van der Waals surface area (Å²) in [7, 11) is 3.25. The molecule has 5 nitrogen and oxygen atoms in total. The Morgan fingerprint density at radius 3 is 2.74 bits per heavy atom. The second-order valence-electron chi connectivity index (χ2n) is 4.27. The molecule has 2 rings (SSSR count). The second kappa shape index (κ2) is 6.24. The zero-order chi connectivity index (χ0) is 13.7. The highest BCUT2D eigenvalue weighted by Gasteiger charge is 2.12. The minimum Gasteiger partial charge on any atom is -0.493 e. The Morgan fingerprint density at radius 1 is 1.21 bits per heavy atom. The molecule has 0 saturated heterocycles. The monoisotopic (exact) mass is 262 g/mol. The van der Waals surface area contributed by atoms with Crippen LogP contribution in [0.4, 0.5) is 0 Å². The van der Waals surface area contributed by atoms with Crippen LogP contribution in [0.3, 0.4) is 0 Å². The van der Waals surface area contributed by atoms with Gasteiger partial charge in [-0.3, -0.25) is 4.79 Å². The molecule has 1 heterocycles. The van der Waals surface area contributed by atoms with Crippen LogP contribution in [0.2, 0.25) is 0 Å². The number of para-hydroxylation sites is 1. The summed E-state index contributed by atoms with van der Waals surface area (Å²) in [6, 6.07) is 5.80. The highest BCUT2D eigenvalue weighted by Crippen LogP contribution is 2.31. The summed E-state index contributed by atoms with van der Waals surface area (Å²) in [5.74, 6) is 1.56. The standard InChI is InChI=1S/C14H18N2O3/c1-18-13-5-3-4-10(14(13)19-2)6-7-11-8-12(17)9-15-16-11/h3-5,8,15-16H,6-7,9H2,1-2H3. The van der Waals surface area contributed by atoms with E-state index in [4.69, 9.17) is 9.47 Å². The number of methoxy groups -OCH3 is 2. The average molecular weight is 262 g/mol. The number of carbonyl (C=O) groups excluding carboxylic acids is 1. The third-order valence-electron chi connectivity index (χ3n) is 2.99. The summed E-state index contributed by atoms with van der Waals surface area (Å²) < 4.78 is 10.6. The Kier molecular flexibility index (Phi) is 4.41. The molecule has 19 heavy (non-hydrogen) atoms. The Hall–Kier alpha value is -2.01. The minimum atomic E-state index is 0.0892. The number of carbonyl (C=O) groups is 1. The van der Waals surface area contributed by atoms with E-state index in [1.54, 1.807) is 20.3 Å². The van der Waals surface area contributed by atoms with Gasteiger partial charge in [-0.1, -0.05) is 12.1 Å². The van der Waals surface area contributed by atoms with Crippen molar-refractivity contribution >= 4 is 5.78 Å². The Morgan fingerprint density at radius 2 is 2.05 bits per heavy atom. The maximum absolute atomic E-state index is 11.3. The van der Waals surface area contributed by atoms with Crippen LogP contribution in [0.25, 0.3) is 0 Å². The summed E-state index contributed by atoms with van der Waals surface area (Å²) in [6.07, 6.45) is 3.15. The number of allylic oxidation sites excluding steroid dienone is 1. The van der Waals surface area contributed by atoms with Crippen molar-refractivity contribution in [2.45, 2.75) is 12.8 Å². The van der Waals surface area contributed by atoms with Gasteiger partial charge in [-0.25, -0.2) is 5.43 Å². The Labute approximate surface area is 112 Å². The van der Waals surface area contributed by atoms with Gasteiger partial charge < -0.3 is 14.9 Å². The van der Waals surface area contributed by atoms with Gasteiger partial charge in [-0.15, -0.1) is 0 Å². The van der Waals surface area contributed by atoms with E-state index >= 15 is 0 Å². The lowest BCUT2D eigenvalue weighted by Crippen LogP contribution is -2.39. The van der Waals surface area contributed by atoms with Gasteiger partial charge in [0.25, 0.3) is 0 Å². The van der Waals surface area contributed by atoms with Gasteiger partial charge in [-0.2, -0.15) is 0 Å². The molecule has 0 aromatic heterocycles. The Balaban J connectivity index is 2.09. The SMILES string of the molecule is COc1cccc(CCC2=CC(=O)CNN2)c1OC. The Bertz CT molecular complexity index is 497. The summed E-state index contributed by atoms with van der Waals surface area (Å²) in [5, 5.41) is 0. The summed E-state index contributed by atoms with van der Waals surface area (Å²) in [6.45, 7) is 0.339. The van der Waals surface area contributed by atoms with E-state index in [2.05, 4.69) is 10.9 Å². The molecular formula is C14H18N2O3. The molecule has 0 saturated carbocycles. The lowest BCUT2D eigenvalue weighted by Gasteiger charge is -2.17. The fourth-order valence-electron chi connectivity index (χ4n) is 2.08. The first-order chi connectivity index (χ1) is 9.24. The van der Waals surface area contributed by atoms with E-state index < -0.39 is 0 Å². The van der Waals surface area contributed by atoms with Gasteiger partial charge >= 0.3 is 0 Å². The van der Waals surface area contributed by atoms with Crippen molar-refractivity contribution in [3.8, 4) is 11.5 Å². The van der Waals surface area contributed by atoms with Gasteiger partial charge in [0.1, 0.15) is 0 Å². The first kappa shape index (κ1) is 13.4. The topological polar surface area (TPSA) is 59.6 Å². The largest absolute Gasteiger partial charge is 0.493 e. The van der Waals surface area contributed by atoms with Crippen LogP contribution >= 0.6 is 0 Å². The third kappa shape index (κ3) is 3.26. The number of nitrogens with one attached hydrogen (secondary N) is 2. The van der Waals surface area contributed by atoms with E-state index in [1.807, 2.05) is 18.2 Å². The molecule has 0 fully saturated rings. The van der Waals surface area contributed by atoms with Crippen LogP contribution in [0.1, 0.15) is 12.0 Å². The third-order valence-corrected chi connectivity index (χ3v) is 2.99. The highest BCUT2D eigenvalue weighted by molar-refractivity contribution is 5.92. The summed E-state index contributed by atoms with van der Waals surface area (Å²) >= 11 is 0. The van der Waals surface area contributed by atoms with E-state index in [0.29, 0.717) is 6.54 Å². The van der Waals surface area contributed by atoms with Crippen LogP contribution in [0.5, 0.6) is 11.5 Å². The number of rotatable bonds is 5. The number of hydrazine groups is 1. The smallest absolute Gasteiger partial charge is 0.173 e. The zero-order valence-corrected chi connectivity index (χ0v) is 11.2. The van der Waals surface area contributed by atoms with Crippen molar-refractivity contribution in [3.05, 3.63) is 35.5 Å². The maximum Gasteiger partial charge on any atom is 0.173 e. The molecular weight excluding hydrogens is 244 g/mol. The number of hydrogen-bond acceptors (Lipinski definition) is 5. The van der Waals surface area contributed by atoms with Gasteiger partial charge in [0, 0.05) is 11.8 Å². The lowest BCUT2D eigenvalue weighted by molar-refractivity contribution is -0.114. The van der Waals surface area contributed by atoms with Crippen molar-refractivity contribution in [2.75, 3.05) is 20.8 Å². The number of ether oxygens (including phenoxy) is 2. The van der Waals surface area contributed by atoms with Crippen LogP contribution in [-0.4, -0.2) is 26.5 Å². The van der Waals surface area contributed by atoms with E-state index in [-0.39, 0.29) is 5.78 Å². The summed E-state index contributed by atoms with van der Waals surface area (Å²) in [4.78, 5) is 11.3. The van der Waals surface area contributed by atoms with Gasteiger partial charge in [0.2, 0.25) is 0 Å². The number of benzene rings is 1. The quantitative estimate of drug-likeness (QED) is 0.835. The molecule has 0 radical (unpaired) electrons. The molecule has 0 atom stereocenters. The van der Waals surface area contributed by atoms with Crippen LogP contribution in [0.15, 0.2) is 30.0 Å².